The summed E-state index contributed by atoms with van der Waals surface area (Å²) in [6.45, 7) is 10.8. The fourth-order valence-electron chi connectivity index (χ4n) is 2.92. The van der Waals surface area contributed by atoms with Crippen LogP contribution in [0.1, 0.15) is 42.5 Å². The molecule has 0 saturated carbocycles. The molecule has 0 atom stereocenters. The molecule has 0 aliphatic carbocycles. The van der Waals surface area contributed by atoms with Crippen molar-refractivity contribution < 1.29 is 4.79 Å². The standard InChI is InChI=1S/C18H23ClN2O/c1-12-10-16(13(2)21(12)18(3,4)5)17(22)11-20-15-8-6-14(19)7-9-15/h6-10,20H,11H2,1-5H3. The highest BCUT2D eigenvalue weighted by atomic mass is 35.5. The molecule has 2 rings (SSSR count). The SMILES string of the molecule is Cc1cc(C(=O)CNc2ccc(Cl)cc2)c(C)n1C(C)(C)C. The van der Waals surface area contributed by atoms with Crippen LogP contribution in [0.15, 0.2) is 30.3 Å². The van der Waals surface area contributed by atoms with E-state index >= 15 is 0 Å². The van der Waals surface area contributed by atoms with E-state index in [4.69, 9.17) is 11.6 Å². The molecule has 0 saturated heterocycles. The Morgan fingerprint density at radius 3 is 2.27 bits per heavy atom. The first-order chi connectivity index (χ1) is 10.2. The van der Waals surface area contributed by atoms with Gasteiger partial charge in [-0.25, -0.2) is 0 Å². The van der Waals surface area contributed by atoms with Crippen LogP contribution in [0, 0.1) is 13.8 Å². The van der Waals surface area contributed by atoms with Crippen LogP contribution in [-0.2, 0) is 5.54 Å². The lowest BCUT2D eigenvalue weighted by Crippen LogP contribution is -2.24. The summed E-state index contributed by atoms with van der Waals surface area (Å²) in [4.78, 5) is 12.5. The van der Waals surface area contributed by atoms with E-state index in [1.165, 1.54) is 0 Å². The summed E-state index contributed by atoms with van der Waals surface area (Å²) in [5.41, 5.74) is 3.78. The Bertz CT molecular complexity index is 678. The highest BCUT2D eigenvalue weighted by molar-refractivity contribution is 6.30. The topological polar surface area (TPSA) is 34.0 Å². The summed E-state index contributed by atoms with van der Waals surface area (Å²) in [6, 6.07) is 9.33. The Morgan fingerprint density at radius 1 is 1.18 bits per heavy atom. The first-order valence-corrected chi connectivity index (χ1v) is 7.80. The van der Waals surface area contributed by atoms with Crippen LogP contribution < -0.4 is 5.32 Å². The average molecular weight is 319 g/mol. The molecule has 0 aliphatic rings. The van der Waals surface area contributed by atoms with Gasteiger partial charge in [0, 0.05) is 33.2 Å². The molecule has 0 unspecified atom stereocenters. The minimum Gasteiger partial charge on any atom is -0.378 e. The number of aromatic nitrogens is 1. The average Bonchev–Trinajstić information content (AvgIpc) is 2.72. The summed E-state index contributed by atoms with van der Waals surface area (Å²) < 4.78 is 2.21. The van der Waals surface area contributed by atoms with Gasteiger partial charge in [-0.15, -0.1) is 0 Å². The number of benzene rings is 1. The molecular formula is C18H23ClN2O. The second-order valence-corrected chi connectivity index (χ2v) is 7.01. The molecule has 0 amide bonds. The van der Waals surface area contributed by atoms with Gasteiger partial charge in [0.25, 0.3) is 0 Å². The Hall–Kier alpha value is -1.74. The van der Waals surface area contributed by atoms with E-state index in [0.717, 1.165) is 22.6 Å². The number of Topliss-reactive ketones (excluding diaryl/α,β-unsaturated/α-hetero) is 1. The van der Waals surface area contributed by atoms with Gasteiger partial charge in [-0.1, -0.05) is 11.6 Å². The zero-order chi connectivity index (χ0) is 16.5. The van der Waals surface area contributed by atoms with Crippen LogP contribution >= 0.6 is 11.6 Å². The molecule has 1 heterocycles. The summed E-state index contributed by atoms with van der Waals surface area (Å²) in [5.74, 6) is 0.0959. The van der Waals surface area contributed by atoms with Crippen molar-refractivity contribution in [1.82, 2.24) is 4.57 Å². The largest absolute Gasteiger partial charge is 0.378 e. The number of carbonyl (C=O) groups is 1. The first-order valence-electron chi connectivity index (χ1n) is 7.42. The van der Waals surface area contributed by atoms with E-state index in [-0.39, 0.29) is 17.9 Å². The third-order valence-corrected chi connectivity index (χ3v) is 3.95. The molecular weight excluding hydrogens is 296 g/mol. The lowest BCUT2D eigenvalue weighted by atomic mass is 10.1. The number of anilines is 1. The second kappa shape index (κ2) is 6.17. The Balaban J connectivity index is 2.15. The fourth-order valence-corrected chi connectivity index (χ4v) is 3.05. The lowest BCUT2D eigenvalue weighted by Gasteiger charge is -2.25. The third kappa shape index (κ3) is 3.53. The number of carbonyl (C=O) groups excluding carboxylic acids is 1. The van der Waals surface area contributed by atoms with Crippen molar-refractivity contribution in [2.24, 2.45) is 0 Å². The molecule has 1 aromatic heterocycles. The van der Waals surface area contributed by atoms with Crippen molar-refractivity contribution in [1.29, 1.82) is 0 Å². The Morgan fingerprint density at radius 2 is 1.77 bits per heavy atom. The minimum absolute atomic E-state index is 0.0314. The molecule has 118 valence electrons. The highest BCUT2D eigenvalue weighted by Crippen LogP contribution is 2.24. The molecule has 2 aromatic rings. The summed E-state index contributed by atoms with van der Waals surface area (Å²) >= 11 is 5.86. The second-order valence-electron chi connectivity index (χ2n) is 6.57. The molecule has 0 fully saturated rings. The van der Waals surface area contributed by atoms with Crippen LogP contribution in [0.2, 0.25) is 5.02 Å². The van der Waals surface area contributed by atoms with Crippen LogP contribution in [0.3, 0.4) is 0 Å². The fraction of sp³-hybridized carbons (Fsp3) is 0.389. The number of nitrogens with zero attached hydrogens (tertiary/aromatic N) is 1. The number of rotatable bonds is 4. The zero-order valence-electron chi connectivity index (χ0n) is 13.8. The summed E-state index contributed by atoms with van der Waals surface area (Å²) in [5, 5.41) is 3.83. The van der Waals surface area contributed by atoms with Crippen LogP contribution in [0.5, 0.6) is 0 Å². The predicted molar refractivity (Wildman–Crippen MR) is 93.2 cm³/mol. The number of hydrogen-bond acceptors (Lipinski definition) is 2. The maximum Gasteiger partial charge on any atom is 0.183 e. The van der Waals surface area contributed by atoms with Crippen LogP contribution in [0.4, 0.5) is 5.69 Å². The molecule has 0 radical (unpaired) electrons. The van der Waals surface area contributed by atoms with Crippen molar-refractivity contribution >= 4 is 23.1 Å². The van der Waals surface area contributed by atoms with E-state index in [1.54, 1.807) is 12.1 Å². The van der Waals surface area contributed by atoms with E-state index < -0.39 is 0 Å². The molecule has 4 heteroatoms. The molecule has 0 bridgehead atoms. The number of nitrogens with one attached hydrogen (secondary N) is 1. The zero-order valence-corrected chi connectivity index (χ0v) is 14.6. The van der Waals surface area contributed by atoms with E-state index in [2.05, 4.69) is 30.7 Å². The van der Waals surface area contributed by atoms with E-state index in [0.29, 0.717) is 5.02 Å². The molecule has 1 N–H and O–H groups in total. The predicted octanol–water partition coefficient (Wildman–Crippen LogP) is 4.81. The number of hydrogen-bond donors (Lipinski definition) is 1. The number of ketones is 1. The van der Waals surface area contributed by atoms with Gasteiger partial charge < -0.3 is 9.88 Å². The van der Waals surface area contributed by atoms with Gasteiger partial charge in [0.15, 0.2) is 5.78 Å². The third-order valence-electron chi connectivity index (χ3n) is 3.70. The molecule has 22 heavy (non-hydrogen) atoms. The van der Waals surface area contributed by atoms with Gasteiger partial charge in [0.2, 0.25) is 0 Å². The van der Waals surface area contributed by atoms with Gasteiger partial charge in [-0.2, -0.15) is 0 Å². The maximum atomic E-state index is 12.5. The van der Waals surface area contributed by atoms with E-state index in [9.17, 15) is 4.79 Å². The number of aryl methyl sites for hydroxylation is 1. The normalized spacial score (nSPS) is 11.5. The van der Waals surface area contributed by atoms with Crippen molar-refractivity contribution in [3.8, 4) is 0 Å². The van der Waals surface area contributed by atoms with Gasteiger partial charge in [0.1, 0.15) is 0 Å². The molecule has 3 nitrogen and oxygen atoms in total. The number of halogens is 1. The maximum absolute atomic E-state index is 12.5. The molecule has 0 spiro atoms. The summed E-state index contributed by atoms with van der Waals surface area (Å²) in [7, 11) is 0. The molecule has 1 aromatic carbocycles. The van der Waals surface area contributed by atoms with Crippen LogP contribution in [-0.4, -0.2) is 16.9 Å². The molecule has 0 aliphatic heterocycles. The van der Waals surface area contributed by atoms with Crippen molar-refractivity contribution in [2.45, 2.75) is 40.2 Å². The Labute approximate surface area is 137 Å². The van der Waals surface area contributed by atoms with Crippen molar-refractivity contribution in [2.75, 3.05) is 11.9 Å². The van der Waals surface area contributed by atoms with Crippen LogP contribution in [0.25, 0.3) is 0 Å². The van der Waals surface area contributed by atoms with Gasteiger partial charge in [-0.05, 0) is 65.0 Å². The smallest absolute Gasteiger partial charge is 0.183 e. The lowest BCUT2D eigenvalue weighted by molar-refractivity contribution is 0.101. The Kier molecular flexibility index (Phi) is 4.66. The minimum atomic E-state index is -0.0314. The quantitative estimate of drug-likeness (QED) is 0.821. The van der Waals surface area contributed by atoms with Gasteiger partial charge in [0.05, 0.1) is 6.54 Å². The van der Waals surface area contributed by atoms with Crippen molar-refractivity contribution in [3.05, 3.63) is 52.3 Å². The highest BCUT2D eigenvalue weighted by Gasteiger charge is 2.22. The van der Waals surface area contributed by atoms with Crippen molar-refractivity contribution in [3.63, 3.8) is 0 Å². The van der Waals surface area contributed by atoms with Gasteiger partial charge in [-0.3, -0.25) is 4.79 Å². The first kappa shape index (κ1) is 16.6. The van der Waals surface area contributed by atoms with Gasteiger partial charge >= 0.3 is 0 Å². The van der Waals surface area contributed by atoms with E-state index in [1.807, 2.05) is 32.0 Å². The monoisotopic (exact) mass is 318 g/mol. The summed E-state index contributed by atoms with van der Waals surface area (Å²) in [6.07, 6.45) is 0.